The average Bonchev–Trinajstić information content (AvgIpc) is 2.46. The van der Waals surface area contributed by atoms with Gasteiger partial charge < -0.3 is 10.1 Å². The number of nitrogens with one attached hydrogen (secondary N) is 1. The van der Waals surface area contributed by atoms with Crippen LogP contribution < -0.4 is 10.1 Å². The maximum absolute atomic E-state index is 12.1. The van der Waals surface area contributed by atoms with Crippen molar-refractivity contribution < 1.29 is 17.9 Å². The molecule has 122 valence electrons. The summed E-state index contributed by atoms with van der Waals surface area (Å²) in [5.41, 5.74) is 1.76. The number of carbonyl (C=O) groups is 1. The van der Waals surface area contributed by atoms with Crippen LogP contribution in [0.1, 0.15) is 12.5 Å². The molecule has 6 heteroatoms. The SMILES string of the molecule is Cc1cccc(NC(=O)C(C)Oc2ccc(S(C)(=O)=O)cc2)c1. The Morgan fingerprint density at radius 1 is 1.13 bits per heavy atom. The second-order valence-electron chi connectivity index (χ2n) is 5.36. The summed E-state index contributed by atoms with van der Waals surface area (Å²) in [5.74, 6) is 0.159. The van der Waals surface area contributed by atoms with Crippen LogP contribution in [0.15, 0.2) is 53.4 Å². The van der Waals surface area contributed by atoms with Crippen molar-refractivity contribution in [1.82, 2.24) is 0 Å². The molecular weight excluding hydrogens is 314 g/mol. The Kier molecular flexibility index (Phi) is 5.05. The summed E-state index contributed by atoms with van der Waals surface area (Å²) >= 11 is 0. The summed E-state index contributed by atoms with van der Waals surface area (Å²) in [5, 5.41) is 2.78. The molecule has 2 aromatic carbocycles. The van der Waals surface area contributed by atoms with Crippen LogP contribution >= 0.6 is 0 Å². The van der Waals surface area contributed by atoms with Crippen molar-refractivity contribution in [3.63, 3.8) is 0 Å². The van der Waals surface area contributed by atoms with Gasteiger partial charge in [0.25, 0.3) is 5.91 Å². The molecule has 0 spiro atoms. The molecule has 0 bridgehead atoms. The van der Waals surface area contributed by atoms with Crippen molar-refractivity contribution in [3.05, 3.63) is 54.1 Å². The Morgan fingerprint density at radius 2 is 1.78 bits per heavy atom. The first-order valence-electron chi connectivity index (χ1n) is 7.10. The highest BCUT2D eigenvalue weighted by Gasteiger charge is 2.15. The number of sulfone groups is 1. The van der Waals surface area contributed by atoms with E-state index in [9.17, 15) is 13.2 Å². The van der Waals surface area contributed by atoms with Gasteiger partial charge in [-0.15, -0.1) is 0 Å². The van der Waals surface area contributed by atoms with Crippen molar-refractivity contribution in [1.29, 1.82) is 0 Å². The number of anilines is 1. The number of aryl methyl sites for hydroxylation is 1. The van der Waals surface area contributed by atoms with Gasteiger partial charge in [0.15, 0.2) is 15.9 Å². The molecule has 0 saturated heterocycles. The van der Waals surface area contributed by atoms with Crippen LogP contribution in [0.5, 0.6) is 5.75 Å². The third-order valence-corrected chi connectivity index (χ3v) is 4.35. The van der Waals surface area contributed by atoms with Gasteiger partial charge in [-0.25, -0.2) is 8.42 Å². The normalized spacial score (nSPS) is 12.5. The summed E-state index contributed by atoms with van der Waals surface area (Å²) in [6.07, 6.45) is 0.431. The van der Waals surface area contributed by atoms with Crippen LogP contribution in [0.3, 0.4) is 0 Å². The van der Waals surface area contributed by atoms with Gasteiger partial charge >= 0.3 is 0 Å². The van der Waals surface area contributed by atoms with Gasteiger partial charge in [0, 0.05) is 11.9 Å². The predicted octanol–water partition coefficient (Wildman–Crippen LogP) is 2.80. The number of ether oxygens (including phenoxy) is 1. The fraction of sp³-hybridized carbons (Fsp3) is 0.235. The van der Waals surface area contributed by atoms with E-state index < -0.39 is 15.9 Å². The third-order valence-electron chi connectivity index (χ3n) is 3.22. The molecule has 23 heavy (non-hydrogen) atoms. The van der Waals surface area contributed by atoms with Gasteiger partial charge in [0.1, 0.15) is 5.75 Å². The first-order chi connectivity index (χ1) is 10.8. The third kappa shape index (κ3) is 4.82. The number of amides is 1. The molecule has 2 aromatic rings. The number of hydrogen-bond donors (Lipinski definition) is 1. The van der Waals surface area contributed by atoms with E-state index in [0.717, 1.165) is 11.8 Å². The Morgan fingerprint density at radius 3 is 2.35 bits per heavy atom. The minimum atomic E-state index is -3.24. The zero-order valence-corrected chi connectivity index (χ0v) is 14.1. The Hall–Kier alpha value is -2.34. The quantitative estimate of drug-likeness (QED) is 0.913. The minimum absolute atomic E-state index is 0.210. The van der Waals surface area contributed by atoms with Gasteiger partial charge in [-0.3, -0.25) is 4.79 Å². The molecule has 0 radical (unpaired) electrons. The number of rotatable bonds is 5. The summed E-state index contributed by atoms with van der Waals surface area (Å²) in [6, 6.07) is 13.5. The molecule has 0 aliphatic rings. The van der Waals surface area contributed by atoms with E-state index in [2.05, 4.69) is 5.32 Å². The highest BCUT2D eigenvalue weighted by atomic mass is 32.2. The van der Waals surface area contributed by atoms with Crippen LogP contribution in [0, 0.1) is 6.92 Å². The van der Waals surface area contributed by atoms with Crippen molar-refractivity contribution >= 4 is 21.4 Å². The zero-order chi connectivity index (χ0) is 17.0. The van der Waals surface area contributed by atoms with E-state index in [1.807, 2.05) is 25.1 Å². The van der Waals surface area contributed by atoms with Crippen LogP contribution in [0.4, 0.5) is 5.69 Å². The largest absolute Gasteiger partial charge is 0.481 e. The van der Waals surface area contributed by atoms with Crippen LogP contribution in [-0.2, 0) is 14.6 Å². The topological polar surface area (TPSA) is 72.5 Å². The predicted molar refractivity (Wildman–Crippen MR) is 89.5 cm³/mol. The standard InChI is InChI=1S/C17H19NO4S/c1-12-5-4-6-14(11-12)18-17(19)13(2)22-15-7-9-16(10-8-15)23(3,20)21/h4-11,13H,1-3H3,(H,18,19). The second-order valence-corrected chi connectivity index (χ2v) is 7.38. The van der Waals surface area contributed by atoms with E-state index in [4.69, 9.17) is 4.74 Å². The molecule has 0 heterocycles. The molecule has 0 saturated carbocycles. The smallest absolute Gasteiger partial charge is 0.265 e. The van der Waals surface area contributed by atoms with E-state index in [-0.39, 0.29) is 10.8 Å². The molecule has 1 unspecified atom stereocenters. The molecule has 5 nitrogen and oxygen atoms in total. The lowest BCUT2D eigenvalue weighted by Gasteiger charge is -2.15. The van der Waals surface area contributed by atoms with Gasteiger partial charge in [0.05, 0.1) is 4.90 Å². The highest BCUT2D eigenvalue weighted by molar-refractivity contribution is 7.90. The van der Waals surface area contributed by atoms with E-state index >= 15 is 0 Å². The van der Waals surface area contributed by atoms with Crippen LogP contribution in [-0.4, -0.2) is 26.7 Å². The Bertz CT molecular complexity index is 798. The first-order valence-corrected chi connectivity index (χ1v) is 8.99. The Labute approximate surface area is 136 Å². The minimum Gasteiger partial charge on any atom is -0.481 e. The summed E-state index contributed by atoms with van der Waals surface area (Å²) in [6.45, 7) is 3.58. The highest BCUT2D eigenvalue weighted by Crippen LogP contribution is 2.18. The lowest BCUT2D eigenvalue weighted by Crippen LogP contribution is -2.30. The number of hydrogen-bond acceptors (Lipinski definition) is 4. The zero-order valence-electron chi connectivity index (χ0n) is 13.2. The molecule has 0 aromatic heterocycles. The molecule has 0 fully saturated rings. The summed E-state index contributed by atoms with van der Waals surface area (Å²) < 4.78 is 28.3. The molecule has 1 N–H and O–H groups in total. The van der Waals surface area contributed by atoms with Crippen molar-refractivity contribution in [2.75, 3.05) is 11.6 Å². The average molecular weight is 333 g/mol. The van der Waals surface area contributed by atoms with Crippen LogP contribution in [0.2, 0.25) is 0 Å². The van der Waals surface area contributed by atoms with Crippen molar-refractivity contribution in [2.24, 2.45) is 0 Å². The van der Waals surface area contributed by atoms with Gasteiger partial charge in [0.2, 0.25) is 0 Å². The van der Waals surface area contributed by atoms with Gasteiger partial charge in [-0.1, -0.05) is 12.1 Å². The molecule has 1 amide bonds. The van der Waals surface area contributed by atoms with E-state index in [1.54, 1.807) is 13.0 Å². The maximum atomic E-state index is 12.1. The first kappa shape index (κ1) is 17.0. The van der Waals surface area contributed by atoms with E-state index in [1.165, 1.54) is 24.3 Å². The summed E-state index contributed by atoms with van der Waals surface area (Å²) in [7, 11) is -3.24. The van der Waals surface area contributed by atoms with Gasteiger partial charge in [-0.05, 0) is 55.8 Å². The molecule has 0 aliphatic heterocycles. The van der Waals surface area contributed by atoms with Crippen molar-refractivity contribution in [3.8, 4) is 5.75 Å². The van der Waals surface area contributed by atoms with Crippen LogP contribution in [0.25, 0.3) is 0 Å². The fourth-order valence-corrected chi connectivity index (χ4v) is 2.62. The second kappa shape index (κ2) is 6.83. The van der Waals surface area contributed by atoms with E-state index in [0.29, 0.717) is 11.4 Å². The summed E-state index contributed by atoms with van der Waals surface area (Å²) in [4.78, 5) is 12.3. The lowest BCUT2D eigenvalue weighted by molar-refractivity contribution is -0.122. The Balaban J connectivity index is 2.01. The number of benzene rings is 2. The van der Waals surface area contributed by atoms with Gasteiger partial charge in [-0.2, -0.15) is 0 Å². The monoisotopic (exact) mass is 333 g/mol. The maximum Gasteiger partial charge on any atom is 0.265 e. The molecule has 0 aliphatic carbocycles. The van der Waals surface area contributed by atoms with Crippen molar-refractivity contribution in [2.45, 2.75) is 24.8 Å². The fourth-order valence-electron chi connectivity index (χ4n) is 1.99. The lowest BCUT2D eigenvalue weighted by atomic mass is 10.2. The molecular formula is C17H19NO4S. The number of carbonyl (C=O) groups excluding carboxylic acids is 1. The molecule has 1 atom stereocenters. The molecule has 2 rings (SSSR count).